The number of rotatable bonds is 3. The SMILES string of the molecule is CC1(NC(=O)c2cc(F)cc([N+](=O)[O-])c2)CCNCC1.Cl. The predicted octanol–water partition coefficient (Wildman–Crippen LogP) is 2.03. The fourth-order valence-electron chi connectivity index (χ4n) is 2.26. The highest BCUT2D eigenvalue weighted by atomic mass is 35.5. The number of nitrogens with zero attached hydrogens (tertiary/aromatic N) is 1. The fourth-order valence-corrected chi connectivity index (χ4v) is 2.26. The van der Waals surface area contributed by atoms with Crippen LogP contribution < -0.4 is 10.6 Å². The fraction of sp³-hybridized carbons (Fsp3) is 0.462. The Morgan fingerprint density at radius 1 is 1.38 bits per heavy atom. The van der Waals surface area contributed by atoms with Crippen molar-refractivity contribution in [3.05, 3.63) is 39.7 Å². The number of nitro benzene ring substituents is 1. The molecule has 0 spiro atoms. The van der Waals surface area contributed by atoms with Crippen LogP contribution in [0.2, 0.25) is 0 Å². The largest absolute Gasteiger partial charge is 0.347 e. The van der Waals surface area contributed by atoms with E-state index >= 15 is 0 Å². The Balaban J connectivity index is 0.00000220. The lowest BCUT2D eigenvalue weighted by atomic mass is 9.90. The van der Waals surface area contributed by atoms with E-state index in [9.17, 15) is 19.3 Å². The summed E-state index contributed by atoms with van der Waals surface area (Å²) in [6.45, 7) is 3.50. The lowest BCUT2D eigenvalue weighted by Gasteiger charge is -2.35. The molecule has 1 aromatic rings. The van der Waals surface area contributed by atoms with Gasteiger partial charge < -0.3 is 10.6 Å². The highest BCUT2D eigenvalue weighted by molar-refractivity contribution is 5.95. The van der Waals surface area contributed by atoms with E-state index in [1.807, 2.05) is 6.92 Å². The van der Waals surface area contributed by atoms with Crippen LogP contribution in [0.4, 0.5) is 10.1 Å². The van der Waals surface area contributed by atoms with Crippen molar-refractivity contribution < 1.29 is 14.1 Å². The molecule has 0 aliphatic carbocycles. The second kappa shape index (κ2) is 6.82. The molecule has 0 saturated carbocycles. The summed E-state index contributed by atoms with van der Waals surface area (Å²) in [5.41, 5.74) is -0.828. The van der Waals surface area contributed by atoms with Gasteiger partial charge in [-0.3, -0.25) is 14.9 Å². The number of benzene rings is 1. The van der Waals surface area contributed by atoms with E-state index in [1.54, 1.807) is 0 Å². The Labute approximate surface area is 127 Å². The summed E-state index contributed by atoms with van der Waals surface area (Å²) in [5.74, 6) is -1.28. The minimum atomic E-state index is -0.792. The smallest absolute Gasteiger partial charge is 0.273 e. The molecule has 2 rings (SSSR count). The molecule has 0 aromatic heterocycles. The minimum Gasteiger partial charge on any atom is -0.347 e. The highest BCUT2D eigenvalue weighted by Crippen LogP contribution is 2.20. The van der Waals surface area contributed by atoms with Crippen molar-refractivity contribution in [1.29, 1.82) is 0 Å². The number of hydrogen-bond acceptors (Lipinski definition) is 4. The van der Waals surface area contributed by atoms with Crippen molar-refractivity contribution in [1.82, 2.24) is 10.6 Å². The Morgan fingerprint density at radius 2 is 2.00 bits per heavy atom. The topological polar surface area (TPSA) is 84.3 Å². The number of amides is 1. The first-order valence-electron chi connectivity index (χ1n) is 6.38. The molecule has 2 N–H and O–H groups in total. The molecule has 6 nitrogen and oxygen atoms in total. The number of nitro groups is 1. The molecule has 1 fully saturated rings. The third-order valence-electron chi connectivity index (χ3n) is 3.48. The van der Waals surface area contributed by atoms with Crippen LogP contribution in [0.1, 0.15) is 30.1 Å². The molecular formula is C13H17ClFN3O3. The monoisotopic (exact) mass is 317 g/mol. The number of hydrogen-bond donors (Lipinski definition) is 2. The number of carbonyl (C=O) groups is 1. The van der Waals surface area contributed by atoms with Gasteiger partial charge in [-0.05, 0) is 38.9 Å². The summed E-state index contributed by atoms with van der Waals surface area (Å²) in [7, 11) is 0. The molecule has 1 aliphatic heterocycles. The van der Waals surface area contributed by atoms with Crippen molar-refractivity contribution in [2.24, 2.45) is 0 Å². The van der Waals surface area contributed by atoms with Gasteiger partial charge in [0, 0.05) is 17.2 Å². The zero-order chi connectivity index (χ0) is 14.8. The maximum atomic E-state index is 13.3. The van der Waals surface area contributed by atoms with Crippen molar-refractivity contribution in [2.75, 3.05) is 13.1 Å². The molecule has 1 aliphatic rings. The van der Waals surface area contributed by atoms with Crippen LogP contribution >= 0.6 is 12.4 Å². The molecule has 1 amide bonds. The van der Waals surface area contributed by atoms with Crippen LogP contribution in [-0.4, -0.2) is 29.5 Å². The van der Waals surface area contributed by atoms with Crippen LogP contribution in [0, 0.1) is 15.9 Å². The second-order valence-electron chi connectivity index (χ2n) is 5.22. The summed E-state index contributed by atoms with van der Waals surface area (Å²) in [6.07, 6.45) is 1.52. The maximum Gasteiger partial charge on any atom is 0.273 e. The lowest BCUT2D eigenvalue weighted by Crippen LogP contribution is -2.52. The Kier molecular flexibility index (Phi) is 5.62. The summed E-state index contributed by atoms with van der Waals surface area (Å²) in [4.78, 5) is 22.1. The standard InChI is InChI=1S/C13H16FN3O3.ClH/c1-13(2-4-15-5-3-13)16-12(18)9-6-10(14)8-11(7-9)17(19)20;/h6-8,15H,2-5H2,1H3,(H,16,18);1H. The number of carbonyl (C=O) groups excluding carboxylic acids is 1. The molecule has 1 heterocycles. The van der Waals surface area contributed by atoms with Crippen LogP contribution in [0.15, 0.2) is 18.2 Å². The van der Waals surface area contributed by atoms with Gasteiger partial charge in [-0.1, -0.05) is 0 Å². The average molecular weight is 318 g/mol. The van der Waals surface area contributed by atoms with E-state index in [4.69, 9.17) is 0 Å². The number of non-ortho nitro benzene ring substituents is 1. The number of halogens is 2. The summed E-state index contributed by atoms with van der Waals surface area (Å²) in [6, 6.07) is 2.89. The first-order chi connectivity index (χ1) is 9.39. The van der Waals surface area contributed by atoms with Gasteiger partial charge in [0.1, 0.15) is 5.82 Å². The van der Waals surface area contributed by atoms with Gasteiger partial charge in [0.05, 0.1) is 11.0 Å². The van der Waals surface area contributed by atoms with Gasteiger partial charge in [0.2, 0.25) is 0 Å². The van der Waals surface area contributed by atoms with Crippen LogP contribution in [0.25, 0.3) is 0 Å². The molecule has 0 radical (unpaired) electrons. The Hall–Kier alpha value is -1.73. The Morgan fingerprint density at radius 3 is 2.57 bits per heavy atom. The molecule has 1 saturated heterocycles. The van der Waals surface area contributed by atoms with Gasteiger partial charge in [-0.25, -0.2) is 4.39 Å². The van der Waals surface area contributed by atoms with E-state index in [-0.39, 0.29) is 23.5 Å². The van der Waals surface area contributed by atoms with Crippen molar-refractivity contribution >= 4 is 24.0 Å². The lowest BCUT2D eigenvalue weighted by molar-refractivity contribution is -0.385. The molecule has 8 heteroatoms. The summed E-state index contributed by atoms with van der Waals surface area (Å²) in [5, 5.41) is 16.7. The quantitative estimate of drug-likeness (QED) is 0.660. The highest BCUT2D eigenvalue weighted by Gasteiger charge is 2.29. The number of piperidine rings is 1. The predicted molar refractivity (Wildman–Crippen MR) is 78.3 cm³/mol. The molecular weight excluding hydrogens is 301 g/mol. The summed E-state index contributed by atoms with van der Waals surface area (Å²) < 4.78 is 13.3. The molecule has 0 atom stereocenters. The van der Waals surface area contributed by atoms with E-state index in [2.05, 4.69) is 10.6 Å². The first kappa shape index (κ1) is 17.3. The zero-order valence-electron chi connectivity index (χ0n) is 11.5. The van der Waals surface area contributed by atoms with Crippen LogP contribution in [-0.2, 0) is 0 Å². The van der Waals surface area contributed by atoms with Gasteiger partial charge in [-0.2, -0.15) is 0 Å². The van der Waals surface area contributed by atoms with Gasteiger partial charge in [-0.15, -0.1) is 12.4 Å². The average Bonchev–Trinajstić information content (AvgIpc) is 2.38. The van der Waals surface area contributed by atoms with E-state index in [1.165, 1.54) is 0 Å². The number of nitrogens with one attached hydrogen (secondary N) is 2. The van der Waals surface area contributed by atoms with E-state index < -0.39 is 22.3 Å². The van der Waals surface area contributed by atoms with Gasteiger partial charge in [0.15, 0.2) is 0 Å². The summed E-state index contributed by atoms with van der Waals surface area (Å²) >= 11 is 0. The molecule has 0 bridgehead atoms. The maximum absolute atomic E-state index is 13.3. The Bertz CT molecular complexity index is 547. The van der Waals surface area contributed by atoms with E-state index in [0.717, 1.165) is 44.1 Å². The normalized spacial score (nSPS) is 16.7. The van der Waals surface area contributed by atoms with Crippen molar-refractivity contribution in [2.45, 2.75) is 25.3 Å². The van der Waals surface area contributed by atoms with Gasteiger partial charge >= 0.3 is 0 Å². The third kappa shape index (κ3) is 4.37. The van der Waals surface area contributed by atoms with Gasteiger partial charge in [0.25, 0.3) is 11.6 Å². The molecule has 0 unspecified atom stereocenters. The second-order valence-corrected chi connectivity index (χ2v) is 5.22. The van der Waals surface area contributed by atoms with Crippen LogP contribution in [0.5, 0.6) is 0 Å². The van der Waals surface area contributed by atoms with Crippen molar-refractivity contribution in [3.63, 3.8) is 0 Å². The first-order valence-corrected chi connectivity index (χ1v) is 6.38. The molecule has 1 aromatic carbocycles. The molecule has 21 heavy (non-hydrogen) atoms. The van der Waals surface area contributed by atoms with Crippen molar-refractivity contribution in [3.8, 4) is 0 Å². The van der Waals surface area contributed by atoms with E-state index in [0.29, 0.717) is 0 Å². The van der Waals surface area contributed by atoms with Crippen LogP contribution in [0.3, 0.4) is 0 Å². The zero-order valence-corrected chi connectivity index (χ0v) is 12.3. The third-order valence-corrected chi connectivity index (χ3v) is 3.48. The minimum absolute atomic E-state index is 0. The molecule has 116 valence electrons.